The lowest BCUT2D eigenvalue weighted by atomic mass is 10.1. The summed E-state index contributed by atoms with van der Waals surface area (Å²) in [6.07, 6.45) is 4.01. The van der Waals surface area contributed by atoms with E-state index in [4.69, 9.17) is 9.93 Å². The molecule has 0 radical (unpaired) electrons. The van der Waals surface area contributed by atoms with Crippen molar-refractivity contribution in [1.82, 2.24) is 15.0 Å². The van der Waals surface area contributed by atoms with Crippen molar-refractivity contribution >= 4 is 5.84 Å². The van der Waals surface area contributed by atoms with Crippen LogP contribution in [0, 0.1) is 12.3 Å². The first-order valence-electron chi connectivity index (χ1n) is 5.37. The Morgan fingerprint density at radius 3 is 3.00 bits per heavy atom. The summed E-state index contributed by atoms with van der Waals surface area (Å²) >= 11 is 0. The molecule has 0 spiro atoms. The van der Waals surface area contributed by atoms with Crippen LogP contribution in [0.25, 0.3) is 0 Å². The van der Waals surface area contributed by atoms with Crippen molar-refractivity contribution in [2.75, 3.05) is 13.1 Å². The van der Waals surface area contributed by atoms with Crippen LogP contribution in [0.4, 0.5) is 0 Å². The number of rotatable bonds is 3. The van der Waals surface area contributed by atoms with Gasteiger partial charge in [-0.25, -0.2) is 0 Å². The minimum Gasteiger partial charge on any atom is -0.360 e. The lowest BCUT2D eigenvalue weighted by Gasteiger charge is -2.28. The zero-order chi connectivity index (χ0) is 10.7. The maximum absolute atomic E-state index is 7.78. The lowest BCUT2D eigenvalue weighted by Crippen LogP contribution is -2.36. The molecule has 1 saturated heterocycles. The number of aromatic nitrogens is 2. The topological polar surface area (TPSA) is 66.0 Å². The highest BCUT2D eigenvalue weighted by atomic mass is 16.5. The van der Waals surface area contributed by atoms with Crippen LogP contribution in [-0.4, -0.2) is 34.0 Å². The Balaban J connectivity index is 1.84. The molecule has 0 aromatic carbocycles. The van der Waals surface area contributed by atoms with Gasteiger partial charge in [-0.05, 0) is 12.8 Å². The zero-order valence-electron chi connectivity index (χ0n) is 8.99. The van der Waals surface area contributed by atoms with Gasteiger partial charge in [-0.2, -0.15) is 4.98 Å². The standard InChI is InChI=1S/C10H16N4O/c1-8-12-10(13-15-8)5-7-14-6-3-2-4-9(14)11/h11H,2-7H2,1H3. The maximum atomic E-state index is 7.78. The van der Waals surface area contributed by atoms with Crippen LogP contribution in [0.5, 0.6) is 0 Å². The van der Waals surface area contributed by atoms with Crippen LogP contribution in [0.1, 0.15) is 31.0 Å². The molecule has 15 heavy (non-hydrogen) atoms. The van der Waals surface area contributed by atoms with E-state index in [-0.39, 0.29) is 0 Å². The summed E-state index contributed by atoms with van der Waals surface area (Å²) in [6, 6.07) is 0. The molecule has 1 aliphatic heterocycles. The molecule has 0 saturated carbocycles. The minimum atomic E-state index is 0.610. The highest BCUT2D eigenvalue weighted by Crippen LogP contribution is 2.11. The number of amidine groups is 1. The van der Waals surface area contributed by atoms with Crippen molar-refractivity contribution in [3.8, 4) is 0 Å². The van der Waals surface area contributed by atoms with Gasteiger partial charge in [-0.15, -0.1) is 0 Å². The van der Waals surface area contributed by atoms with Gasteiger partial charge in [0, 0.05) is 32.9 Å². The Morgan fingerprint density at radius 2 is 2.33 bits per heavy atom. The van der Waals surface area contributed by atoms with Crippen molar-refractivity contribution in [2.45, 2.75) is 32.6 Å². The fourth-order valence-electron chi connectivity index (χ4n) is 1.81. The quantitative estimate of drug-likeness (QED) is 0.815. The van der Waals surface area contributed by atoms with Crippen molar-refractivity contribution < 1.29 is 4.52 Å². The Morgan fingerprint density at radius 1 is 1.47 bits per heavy atom. The lowest BCUT2D eigenvalue weighted by molar-refractivity contribution is 0.358. The van der Waals surface area contributed by atoms with E-state index in [1.807, 2.05) is 0 Å². The first kappa shape index (κ1) is 10.1. The maximum Gasteiger partial charge on any atom is 0.223 e. The second-order valence-corrected chi connectivity index (χ2v) is 3.87. The Hall–Kier alpha value is -1.39. The Kier molecular flexibility index (Phi) is 2.99. The van der Waals surface area contributed by atoms with Crippen LogP contribution in [0.15, 0.2) is 4.52 Å². The third-order valence-corrected chi connectivity index (χ3v) is 2.65. The second kappa shape index (κ2) is 4.42. The van der Waals surface area contributed by atoms with Crippen molar-refractivity contribution in [2.24, 2.45) is 0 Å². The van der Waals surface area contributed by atoms with Crippen LogP contribution < -0.4 is 0 Å². The normalized spacial score (nSPS) is 17.1. The third kappa shape index (κ3) is 2.55. The van der Waals surface area contributed by atoms with Crippen LogP contribution >= 0.6 is 0 Å². The largest absolute Gasteiger partial charge is 0.360 e. The van der Waals surface area contributed by atoms with Crippen molar-refractivity contribution in [1.29, 1.82) is 5.41 Å². The third-order valence-electron chi connectivity index (χ3n) is 2.65. The Bertz CT molecular complexity index is 347. The van der Waals surface area contributed by atoms with Gasteiger partial charge < -0.3 is 9.42 Å². The summed E-state index contributed by atoms with van der Waals surface area (Å²) in [5, 5.41) is 11.6. The van der Waals surface area contributed by atoms with Crippen LogP contribution in [0.3, 0.4) is 0 Å². The van der Waals surface area contributed by atoms with Gasteiger partial charge in [-0.1, -0.05) is 5.16 Å². The predicted molar refractivity (Wildman–Crippen MR) is 55.9 cm³/mol. The molecule has 5 nitrogen and oxygen atoms in total. The number of likely N-dealkylation sites (tertiary alicyclic amines) is 1. The number of nitrogens with one attached hydrogen (secondary N) is 1. The van der Waals surface area contributed by atoms with Crippen molar-refractivity contribution in [3.63, 3.8) is 0 Å². The molecule has 0 amide bonds. The molecule has 0 unspecified atom stereocenters. The van der Waals surface area contributed by atoms with E-state index in [2.05, 4.69) is 15.0 Å². The molecule has 0 aliphatic carbocycles. The number of hydrogen-bond donors (Lipinski definition) is 1. The molecule has 0 atom stereocenters. The van der Waals surface area contributed by atoms with Crippen LogP contribution in [0.2, 0.25) is 0 Å². The first-order chi connectivity index (χ1) is 7.25. The van der Waals surface area contributed by atoms with E-state index in [1.165, 1.54) is 6.42 Å². The van der Waals surface area contributed by atoms with Gasteiger partial charge in [0.2, 0.25) is 5.89 Å². The molecular weight excluding hydrogens is 192 g/mol. The van der Waals surface area contributed by atoms with E-state index in [9.17, 15) is 0 Å². The predicted octanol–water partition coefficient (Wildman–Crippen LogP) is 1.38. The zero-order valence-corrected chi connectivity index (χ0v) is 8.99. The number of piperidine rings is 1. The fraction of sp³-hybridized carbons (Fsp3) is 0.700. The number of aryl methyl sites for hydroxylation is 1. The van der Waals surface area contributed by atoms with Gasteiger partial charge in [0.15, 0.2) is 5.82 Å². The van der Waals surface area contributed by atoms with E-state index in [0.29, 0.717) is 5.89 Å². The van der Waals surface area contributed by atoms with E-state index in [1.54, 1.807) is 6.92 Å². The van der Waals surface area contributed by atoms with E-state index < -0.39 is 0 Å². The average molecular weight is 208 g/mol. The molecule has 0 bridgehead atoms. The molecule has 5 heteroatoms. The van der Waals surface area contributed by atoms with Gasteiger partial charge in [0.25, 0.3) is 0 Å². The summed E-state index contributed by atoms with van der Waals surface area (Å²) in [7, 11) is 0. The monoisotopic (exact) mass is 208 g/mol. The van der Waals surface area contributed by atoms with Gasteiger partial charge in [0.05, 0.1) is 5.84 Å². The molecule has 2 rings (SSSR count). The molecular formula is C10H16N4O. The van der Waals surface area contributed by atoms with E-state index in [0.717, 1.165) is 44.0 Å². The van der Waals surface area contributed by atoms with Gasteiger partial charge in [-0.3, -0.25) is 5.41 Å². The Labute approximate surface area is 89.0 Å². The number of nitrogens with zero attached hydrogens (tertiary/aromatic N) is 3. The molecule has 1 fully saturated rings. The molecule has 2 heterocycles. The molecule has 1 aromatic rings. The highest BCUT2D eigenvalue weighted by molar-refractivity contribution is 5.79. The second-order valence-electron chi connectivity index (χ2n) is 3.87. The van der Waals surface area contributed by atoms with E-state index >= 15 is 0 Å². The molecule has 1 aliphatic rings. The summed E-state index contributed by atoms with van der Waals surface area (Å²) in [5.74, 6) is 2.10. The molecule has 1 N–H and O–H groups in total. The SMILES string of the molecule is Cc1nc(CCN2CCCCC2=N)no1. The number of hydrogen-bond acceptors (Lipinski definition) is 4. The first-order valence-corrected chi connectivity index (χ1v) is 5.37. The minimum absolute atomic E-state index is 0.610. The van der Waals surface area contributed by atoms with Crippen molar-refractivity contribution in [3.05, 3.63) is 11.7 Å². The molecule has 1 aromatic heterocycles. The average Bonchev–Trinajstić information content (AvgIpc) is 2.63. The highest BCUT2D eigenvalue weighted by Gasteiger charge is 2.15. The smallest absolute Gasteiger partial charge is 0.223 e. The van der Waals surface area contributed by atoms with Gasteiger partial charge in [0.1, 0.15) is 0 Å². The fourth-order valence-corrected chi connectivity index (χ4v) is 1.81. The summed E-state index contributed by atoms with van der Waals surface area (Å²) in [5.41, 5.74) is 0. The van der Waals surface area contributed by atoms with Gasteiger partial charge >= 0.3 is 0 Å². The van der Waals surface area contributed by atoms with Crippen LogP contribution in [-0.2, 0) is 6.42 Å². The molecule has 82 valence electrons. The summed E-state index contributed by atoms with van der Waals surface area (Å²) in [6.45, 7) is 3.62. The summed E-state index contributed by atoms with van der Waals surface area (Å²) in [4.78, 5) is 6.25. The summed E-state index contributed by atoms with van der Waals surface area (Å²) < 4.78 is 4.90.